The summed E-state index contributed by atoms with van der Waals surface area (Å²) in [5, 5.41) is 17.4. The average Bonchev–Trinajstić information content (AvgIpc) is 2.16. The summed E-state index contributed by atoms with van der Waals surface area (Å²) in [5.74, 6) is 0. The van der Waals surface area contributed by atoms with Crippen LogP contribution in [0, 0.1) is 11.3 Å². The van der Waals surface area contributed by atoms with Crippen molar-refractivity contribution in [3.63, 3.8) is 0 Å². The molecule has 0 fully saturated rings. The molecule has 1 aromatic rings. The Morgan fingerprint density at radius 1 is 1.75 bits per heavy atom. The summed E-state index contributed by atoms with van der Waals surface area (Å²) < 4.78 is 0. The van der Waals surface area contributed by atoms with Crippen molar-refractivity contribution in [1.82, 2.24) is 4.98 Å². The van der Waals surface area contributed by atoms with Gasteiger partial charge < -0.3 is 10.8 Å². The molecule has 12 heavy (non-hydrogen) atoms. The molecule has 1 heterocycles. The van der Waals surface area contributed by atoms with Crippen molar-refractivity contribution >= 4 is 0 Å². The van der Waals surface area contributed by atoms with Crippen LogP contribution in [0.4, 0.5) is 0 Å². The molecule has 0 spiro atoms. The summed E-state index contributed by atoms with van der Waals surface area (Å²) >= 11 is 0. The first-order valence-corrected chi connectivity index (χ1v) is 3.51. The zero-order valence-corrected chi connectivity index (χ0v) is 6.44. The highest BCUT2D eigenvalue weighted by atomic mass is 16.3. The molecule has 0 saturated heterocycles. The molecule has 1 aromatic heterocycles. The van der Waals surface area contributed by atoms with Gasteiger partial charge in [0.05, 0.1) is 12.6 Å². The lowest BCUT2D eigenvalue weighted by atomic mass is 10.1. The van der Waals surface area contributed by atoms with Crippen molar-refractivity contribution in [2.75, 3.05) is 6.61 Å². The Morgan fingerprint density at radius 2 is 2.50 bits per heavy atom. The number of nitrogens with zero attached hydrogens (tertiary/aromatic N) is 2. The molecule has 0 aliphatic carbocycles. The Balaban J connectivity index is 3.07. The standard InChI is InChI=1S/C8H9N3O/c9-4-8-6(7(10)5-12)2-1-3-11-8/h1-3,7,12H,5,10H2/t7-/m0/s1. The Kier molecular flexibility index (Phi) is 2.75. The second-order valence-corrected chi connectivity index (χ2v) is 2.34. The van der Waals surface area contributed by atoms with Gasteiger partial charge in [-0.1, -0.05) is 6.07 Å². The molecule has 0 saturated carbocycles. The van der Waals surface area contributed by atoms with Crippen LogP contribution >= 0.6 is 0 Å². The van der Waals surface area contributed by atoms with Gasteiger partial charge in [0.2, 0.25) is 0 Å². The van der Waals surface area contributed by atoms with Gasteiger partial charge in [0.1, 0.15) is 11.8 Å². The van der Waals surface area contributed by atoms with Crippen LogP contribution < -0.4 is 5.73 Å². The zero-order chi connectivity index (χ0) is 8.97. The number of nitrogens with two attached hydrogens (primary N) is 1. The highest BCUT2D eigenvalue weighted by Crippen LogP contribution is 2.11. The van der Waals surface area contributed by atoms with Crippen LogP contribution in [0.3, 0.4) is 0 Å². The van der Waals surface area contributed by atoms with E-state index in [1.807, 2.05) is 6.07 Å². The molecule has 1 atom stereocenters. The molecular formula is C8H9N3O. The maximum Gasteiger partial charge on any atom is 0.145 e. The molecule has 0 aliphatic heterocycles. The van der Waals surface area contributed by atoms with Crippen molar-refractivity contribution in [2.45, 2.75) is 6.04 Å². The van der Waals surface area contributed by atoms with Crippen LogP contribution in [0.2, 0.25) is 0 Å². The zero-order valence-electron chi connectivity index (χ0n) is 6.44. The van der Waals surface area contributed by atoms with Crippen LogP contribution in [-0.4, -0.2) is 16.7 Å². The van der Waals surface area contributed by atoms with Crippen LogP contribution in [0.15, 0.2) is 18.3 Å². The first-order chi connectivity index (χ1) is 5.79. The third kappa shape index (κ3) is 1.59. The van der Waals surface area contributed by atoms with Gasteiger partial charge in [-0.2, -0.15) is 5.26 Å². The summed E-state index contributed by atoms with van der Waals surface area (Å²) in [6.45, 7) is -0.180. The highest BCUT2D eigenvalue weighted by Gasteiger charge is 2.09. The molecule has 3 N–H and O–H groups in total. The first kappa shape index (κ1) is 8.65. The van der Waals surface area contributed by atoms with Crippen LogP contribution in [-0.2, 0) is 0 Å². The normalized spacial score (nSPS) is 12.1. The number of aliphatic hydroxyl groups is 1. The minimum absolute atomic E-state index is 0.180. The number of rotatable bonds is 2. The number of aliphatic hydroxyl groups excluding tert-OH is 1. The Hall–Kier alpha value is -1.44. The van der Waals surface area contributed by atoms with E-state index in [0.29, 0.717) is 5.56 Å². The van der Waals surface area contributed by atoms with Crippen molar-refractivity contribution < 1.29 is 5.11 Å². The van der Waals surface area contributed by atoms with E-state index in [0.717, 1.165) is 0 Å². The van der Waals surface area contributed by atoms with E-state index in [1.54, 1.807) is 12.1 Å². The van der Waals surface area contributed by atoms with Gasteiger partial charge in [0.25, 0.3) is 0 Å². The lowest BCUT2D eigenvalue weighted by Crippen LogP contribution is -2.16. The highest BCUT2D eigenvalue weighted by molar-refractivity contribution is 5.32. The minimum atomic E-state index is -0.520. The van der Waals surface area contributed by atoms with Gasteiger partial charge in [0.15, 0.2) is 0 Å². The summed E-state index contributed by atoms with van der Waals surface area (Å²) in [6.07, 6.45) is 1.52. The molecule has 0 bridgehead atoms. The van der Waals surface area contributed by atoms with Gasteiger partial charge in [-0.15, -0.1) is 0 Å². The largest absolute Gasteiger partial charge is 0.394 e. The predicted octanol–water partition coefficient (Wildman–Crippen LogP) is -0.0546. The molecule has 4 heteroatoms. The summed E-state index contributed by atoms with van der Waals surface area (Å²) in [7, 11) is 0. The number of pyridine rings is 1. The topological polar surface area (TPSA) is 82.9 Å². The van der Waals surface area contributed by atoms with E-state index in [4.69, 9.17) is 16.1 Å². The molecule has 1 rings (SSSR count). The van der Waals surface area contributed by atoms with E-state index < -0.39 is 6.04 Å². The second kappa shape index (κ2) is 3.81. The van der Waals surface area contributed by atoms with Crippen molar-refractivity contribution in [2.24, 2.45) is 5.73 Å². The van der Waals surface area contributed by atoms with Gasteiger partial charge in [-0.25, -0.2) is 4.98 Å². The van der Waals surface area contributed by atoms with Crippen molar-refractivity contribution in [3.05, 3.63) is 29.6 Å². The molecule has 0 aromatic carbocycles. The fourth-order valence-electron chi connectivity index (χ4n) is 0.909. The summed E-state index contributed by atoms with van der Waals surface area (Å²) in [6, 6.07) is 4.76. The van der Waals surface area contributed by atoms with Crippen molar-refractivity contribution in [1.29, 1.82) is 5.26 Å². The van der Waals surface area contributed by atoms with Gasteiger partial charge >= 0.3 is 0 Å². The quantitative estimate of drug-likeness (QED) is 0.640. The van der Waals surface area contributed by atoms with Crippen LogP contribution in [0.1, 0.15) is 17.3 Å². The molecule has 0 aliphatic rings. The number of hydrogen-bond donors (Lipinski definition) is 2. The molecule has 62 valence electrons. The summed E-state index contributed by atoms with van der Waals surface area (Å²) in [4.78, 5) is 3.81. The van der Waals surface area contributed by atoms with Gasteiger partial charge in [-0.3, -0.25) is 0 Å². The minimum Gasteiger partial charge on any atom is -0.394 e. The maximum atomic E-state index is 8.75. The molecule has 0 unspecified atom stereocenters. The second-order valence-electron chi connectivity index (χ2n) is 2.34. The first-order valence-electron chi connectivity index (χ1n) is 3.51. The maximum absolute atomic E-state index is 8.75. The third-order valence-corrected chi connectivity index (χ3v) is 1.54. The Labute approximate surface area is 70.3 Å². The molecule has 0 radical (unpaired) electrons. The average molecular weight is 163 g/mol. The van der Waals surface area contributed by atoms with E-state index in [-0.39, 0.29) is 12.3 Å². The monoisotopic (exact) mass is 163 g/mol. The predicted molar refractivity (Wildman–Crippen MR) is 43.0 cm³/mol. The molecule has 0 amide bonds. The fourth-order valence-corrected chi connectivity index (χ4v) is 0.909. The van der Waals surface area contributed by atoms with Crippen molar-refractivity contribution in [3.8, 4) is 6.07 Å². The third-order valence-electron chi connectivity index (χ3n) is 1.54. The number of nitriles is 1. The Bertz CT molecular complexity index is 305. The smallest absolute Gasteiger partial charge is 0.145 e. The van der Waals surface area contributed by atoms with E-state index in [1.165, 1.54) is 6.20 Å². The van der Waals surface area contributed by atoms with E-state index in [2.05, 4.69) is 4.98 Å². The van der Waals surface area contributed by atoms with Gasteiger partial charge in [-0.05, 0) is 6.07 Å². The number of hydrogen-bond acceptors (Lipinski definition) is 4. The fraction of sp³-hybridized carbons (Fsp3) is 0.250. The van der Waals surface area contributed by atoms with Gasteiger partial charge in [0, 0.05) is 11.8 Å². The molecular weight excluding hydrogens is 154 g/mol. The van der Waals surface area contributed by atoms with E-state index in [9.17, 15) is 0 Å². The molecule has 4 nitrogen and oxygen atoms in total. The number of aromatic nitrogens is 1. The lowest BCUT2D eigenvalue weighted by Gasteiger charge is -2.08. The van der Waals surface area contributed by atoms with Crippen LogP contribution in [0.5, 0.6) is 0 Å². The summed E-state index contributed by atoms with van der Waals surface area (Å²) in [5.41, 5.74) is 6.39. The Morgan fingerprint density at radius 3 is 3.08 bits per heavy atom. The SMILES string of the molecule is N#Cc1ncccc1[C@@H](N)CO. The van der Waals surface area contributed by atoms with E-state index >= 15 is 0 Å². The van der Waals surface area contributed by atoms with Crippen LogP contribution in [0.25, 0.3) is 0 Å². The lowest BCUT2D eigenvalue weighted by molar-refractivity contribution is 0.267.